The van der Waals surface area contributed by atoms with Crippen LogP contribution in [-0.2, 0) is 19.9 Å². The van der Waals surface area contributed by atoms with E-state index in [-0.39, 0.29) is 11.9 Å². The summed E-state index contributed by atoms with van der Waals surface area (Å²) in [6.45, 7) is 1.71. The number of amides is 1. The van der Waals surface area contributed by atoms with E-state index < -0.39 is 18.2 Å². The summed E-state index contributed by atoms with van der Waals surface area (Å²) in [6.07, 6.45) is 4.31. The Morgan fingerprint density at radius 2 is 1.54 bits per heavy atom. The van der Waals surface area contributed by atoms with Gasteiger partial charge in [0.25, 0.3) is 5.91 Å². The van der Waals surface area contributed by atoms with Crippen molar-refractivity contribution in [2.45, 2.75) is 44.2 Å². The second-order valence-electron chi connectivity index (χ2n) is 7.45. The Balaban J connectivity index is 1.71. The summed E-state index contributed by atoms with van der Waals surface area (Å²) in [5, 5.41) is 14.2. The van der Waals surface area contributed by atoms with Gasteiger partial charge in [-0.1, -0.05) is 80.4 Å². The average molecular weight is 381 g/mol. The molecule has 0 aliphatic heterocycles. The minimum atomic E-state index is -1.97. The molecule has 1 saturated carbocycles. The van der Waals surface area contributed by atoms with Crippen LogP contribution in [0.25, 0.3) is 0 Å². The molecule has 2 aromatic carbocycles. The number of aliphatic hydroxyl groups is 1. The van der Waals surface area contributed by atoms with Gasteiger partial charge >= 0.3 is 5.97 Å². The fraction of sp³-hybridized carbons (Fsp3) is 0.391. The van der Waals surface area contributed by atoms with E-state index in [9.17, 15) is 14.7 Å². The normalized spacial score (nSPS) is 19.6. The number of hydrogen-bond acceptors (Lipinski definition) is 4. The van der Waals surface area contributed by atoms with Crippen molar-refractivity contribution in [2.24, 2.45) is 5.92 Å². The molecule has 1 aliphatic rings. The number of rotatable bonds is 6. The summed E-state index contributed by atoms with van der Waals surface area (Å²) in [4.78, 5) is 25.2. The van der Waals surface area contributed by atoms with Crippen LogP contribution in [0.1, 0.15) is 43.7 Å². The molecule has 5 nitrogen and oxygen atoms in total. The molecule has 148 valence electrons. The van der Waals surface area contributed by atoms with Crippen molar-refractivity contribution in [2.75, 3.05) is 6.61 Å². The van der Waals surface area contributed by atoms with E-state index in [1.165, 1.54) is 6.42 Å². The quantitative estimate of drug-likeness (QED) is 0.754. The number of carbonyl (C=O) groups excluding carboxylic acids is 2. The van der Waals surface area contributed by atoms with Gasteiger partial charge in [-0.2, -0.15) is 0 Å². The molecule has 0 spiro atoms. The Morgan fingerprint density at radius 3 is 2.07 bits per heavy atom. The Kier molecular flexibility index (Phi) is 6.47. The lowest BCUT2D eigenvalue weighted by molar-refractivity contribution is -0.164. The van der Waals surface area contributed by atoms with Crippen molar-refractivity contribution in [3.8, 4) is 0 Å². The minimum Gasteiger partial charge on any atom is -0.453 e. The van der Waals surface area contributed by atoms with Gasteiger partial charge in [-0.3, -0.25) is 4.79 Å². The van der Waals surface area contributed by atoms with Crippen LogP contribution in [0.2, 0.25) is 0 Å². The van der Waals surface area contributed by atoms with Crippen LogP contribution in [0.5, 0.6) is 0 Å². The molecule has 0 bridgehead atoms. The van der Waals surface area contributed by atoms with E-state index in [2.05, 4.69) is 12.2 Å². The van der Waals surface area contributed by atoms with Crippen molar-refractivity contribution in [3.05, 3.63) is 71.8 Å². The Morgan fingerprint density at radius 1 is 1.00 bits per heavy atom. The van der Waals surface area contributed by atoms with E-state index in [1.54, 1.807) is 60.7 Å². The Bertz CT molecular complexity index is 751. The fourth-order valence-corrected chi connectivity index (χ4v) is 3.78. The third-order valence-electron chi connectivity index (χ3n) is 5.47. The standard InChI is InChI=1S/C23H27NO4/c1-17-10-8-9-15-20(17)24-21(25)16-28-22(26)23(27,18-11-4-2-5-12-18)19-13-6-3-7-14-19/h2-7,11-14,17,20,27H,8-10,15-16H2,1H3,(H,24,25)/t17-,20-/m0/s1. The second kappa shape index (κ2) is 9.02. The molecule has 1 amide bonds. The first-order valence-electron chi connectivity index (χ1n) is 9.82. The number of benzene rings is 2. The van der Waals surface area contributed by atoms with Crippen LogP contribution in [0.15, 0.2) is 60.7 Å². The first-order chi connectivity index (χ1) is 13.5. The highest BCUT2D eigenvalue weighted by atomic mass is 16.6. The molecule has 28 heavy (non-hydrogen) atoms. The van der Waals surface area contributed by atoms with Gasteiger partial charge in [0.05, 0.1) is 0 Å². The fourth-order valence-electron chi connectivity index (χ4n) is 3.78. The zero-order valence-electron chi connectivity index (χ0n) is 16.1. The predicted octanol–water partition coefficient (Wildman–Crippen LogP) is 3.16. The molecule has 3 rings (SSSR count). The topological polar surface area (TPSA) is 75.6 Å². The molecular weight excluding hydrogens is 354 g/mol. The highest BCUT2D eigenvalue weighted by molar-refractivity contribution is 5.88. The highest BCUT2D eigenvalue weighted by Gasteiger charge is 2.42. The van der Waals surface area contributed by atoms with Gasteiger partial charge in [-0.25, -0.2) is 4.79 Å². The van der Waals surface area contributed by atoms with Crippen LogP contribution >= 0.6 is 0 Å². The third-order valence-corrected chi connectivity index (χ3v) is 5.47. The molecule has 0 heterocycles. The number of esters is 1. The van der Waals surface area contributed by atoms with Gasteiger partial charge in [0.2, 0.25) is 5.60 Å². The summed E-state index contributed by atoms with van der Waals surface area (Å²) < 4.78 is 5.25. The molecule has 2 atom stereocenters. The van der Waals surface area contributed by atoms with Gasteiger partial charge < -0.3 is 15.2 Å². The van der Waals surface area contributed by atoms with Crippen molar-refractivity contribution in [1.29, 1.82) is 0 Å². The molecule has 2 N–H and O–H groups in total. The van der Waals surface area contributed by atoms with Crippen LogP contribution in [0.4, 0.5) is 0 Å². The molecular formula is C23H27NO4. The lowest BCUT2D eigenvalue weighted by Crippen LogP contribution is -2.44. The van der Waals surface area contributed by atoms with Gasteiger partial charge in [0.1, 0.15) is 0 Å². The lowest BCUT2D eigenvalue weighted by atomic mass is 9.86. The van der Waals surface area contributed by atoms with E-state index >= 15 is 0 Å². The molecule has 0 radical (unpaired) electrons. The summed E-state index contributed by atoms with van der Waals surface area (Å²) >= 11 is 0. The number of nitrogens with one attached hydrogen (secondary N) is 1. The Labute approximate surface area is 165 Å². The third kappa shape index (κ3) is 4.42. The summed E-state index contributed by atoms with van der Waals surface area (Å²) in [5.41, 5.74) is -1.18. The number of ether oxygens (including phenoxy) is 1. The SMILES string of the molecule is C[C@H]1CCCC[C@@H]1NC(=O)COC(=O)C(O)(c1ccccc1)c1ccccc1. The maximum absolute atomic E-state index is 12.9. The summed E-state index contributed by atoms with van der Waals surface area (Å²) in [7, 11) is 0. The highest BCUT2D eigenvalue weighted by Crippen LogP contribution is 2.31. The molecule has 1 aliphatic carbocycles. The molecule has 5 heteroatoms. The number of hydrogen-bond donors (Lipinski definition) is 2. The Hall–Kier alpha value is -2.66. The monoisotopic (exact) mass is 381 g/mol. The van der Waals surface area contributed by atoms with Gasteiger partial charge in [-0.15, -0.1) is 0 Å². The van der Waals surface area contributed by atoms with Crippen molar-refractivity contribution in [3.63, 3.8) is 0 Å². The maximum atomic E-state index is 12.9. The molecule has 2 aromatic rings. The van der Waals surface area contributed by atoms with Crippen LogP contribution in [-0.4, -0.2) is 29.6 Å². The molecule has 1 fully saturated rings. The predicted molar refractivity (Wildman–Crippen MR) is 106 cm³/mol. The molecule has 0 saturated heterocycles. The smallest absolute Gasteiger partial charge is 0.348 e. The second-order valence-corrected chi connectivity index (χ2v) is 7.45. The zero-order valence-corrected chi connectivity index (χ0v) is 16.1. The maximum Gasteiger partial charge on any atom is 0.348 e. The lowest BCUT2D eigenvalue weighted by Gasteiger charge is -2.30. The van der Waals surface area contributed by atoms with Crippen LogP contribution in [0.3, 0.4) is 0 Å². The average Bonchev–Trinajstić information content (AvgIpc) is 2.74. The first-order valence-corrected chi connectivity index (χ1v) is 9.82. The largest absolute Gasteiger partial charge is 0.453 e. The van der Waals surface area contributed by atoms with E-state index in [1.807, 2.05) is 0 Å². The zero-order chi connectivity index (χ0) is 20.0. The van der Waals surface area contributed by atoms with Crippen molar-refractivity contribution in [1.82, 2.24) is 5.32 Å². The first kappa shape index (κ1) is 20.1. The van der Waals surface area contributed by atoms with Crippen LogP contribution in [0, 0.1) is 5.92 Å². The van der Waals surface area contributed by atoms with Crippen molar-refractivity contribution < 1.29 is 19.4 Å². The van der Waals surface area contributed by atoms with E-state index in [0.717, 1.165) is 19.3 Å². The minimum absolute atomic E-state index is 0.113. The van der Waals surface area contributed by atoms with Gasteiger partial charge in [0, 0.05) is 6.04 Å². The van der Waals surface area contributed by atoms with Gasteiger partial charge in [-0.05, 0) is 29.9 Å². The summed E-state index contributed by atoms with van der Waals surface area (Å²) in [6, 6.07) is 17.4. The summed E-state index contributed by atoms with van der Waals surface area (Å²) in [5.74, 6) is -0.786. The van der Waals surface area contributed by atoms with Crippen molar-refractivity contribution >= 4 is 11.9 Å². The van der Waals surface area contributed by atoms with E-state index in [0.29, 0.717) is 17.0 Å². The van der Waals surface area contributed by atoms with E-state index in [4.69, 9.17) is 4.74 Å². The number of carbonyl (C=O) groups is 2. The van der Waals surface area contributed by atoms with Crippen LogP contribution < -0.4 is 5.32 Å². The van der Waals surface area contributed by atoms with Gasteiger partial charge in [0.15, 0.2) is 6.61 Å². The molecule has 0 aromatic heterocycles. The molecule has 0 unspecified atom stereocenters.